The quantitative estimate of drug-likeness (QED) is 0.704. The van der Waals surface area contributed by atoms with E-state index in [1.54, 1.807) is 0 Å². The number of carbonyl (C=O) groups is 1. The molecule has 0 radical (unpaired) electrons. The Labute approximate surface area is 79.5 Å². The highest BCUT2D eigenvalue weighted by molar-refractivity contribution is 5.69. The van der Waals surface area contributed by atoms with Gasteiger partial charge in [0.05, 0.1) is 6.54 Å². The predicted octanol–water partition coefficient (Wildman–Crippen LogP) is 1.77. The Balaban J connectivity index is 2.17. The topological polar surface area (TPSA) is 49.3 Å². The van der Waals surface area contributed by atoms with Gasteiger partial charge in [-0.3, -0.25) is 4.79 Å². The number of nitrogens with one attached hydrogen (secondary N) is 1. The van der Waals surface area contributed by atoms with Gasteiger partial charge >= 0.3 is 5.97 Å². The van der Waals surface area contributed by atoms with Crippen molar-refractivity contribution >= 4 is 5.97 Å². The summed E-state index contributed by atoms with van der Waals surface area (Å²) in [7, 11) is 0. The van der Waals surface area contributed by atoms with Gasteiger partial charge in [-0.15, -0.1) is 0 Å². The van der Waals surface area contributed by atoms with Crippen LogP contribution in [0.1, 0.15) is 44.9 Å². The zero-order chi connectivity index (χ0) is 9.52. The molecule has 1 aliphatic carbocycles. The van der Waals surface area contributed by atoms with Gasteiger partial charge in [-0.05, 0) is 12.8 Å². The lowest BCUT2D eigenvalue weighted by Crippen LogP contribution is -2.33. The van der Waals surface area contributed by atoms with Crippen LogP contribution in [0.2, 0.25) is 0 Å². The van der Waals surface area contributed by atoms with Crippen molar-refractivity contribution in [3.05, 3.63) is 0 Å². The zero-order valence-corrected chi connectivity index (χ0v) is 8.09. The third kappa shape index (κ3) is 4.88. The molecule has 3 heteroatoms. The largest absolute Gasteiger partial charge is 0.480 e. The number of aliphatic carboxylic acids is 1. The molecule has 0 unspecified atom stereocenters. The first kappa shape index (κ1) is 10.5. The second-order valence-electron chi connectivity index (χ2n) is 3.82. The van der Waals surface area contributed by atoms with Crippen molar-refractivity contribution in [2.45, 2.75) is 51.0 Å². The van der Waals surface area contributed by atoms with Crippen molar-refractivity contribution in [2.75, 3.05) is 6.54 Å². The summed E-state index contributed by atoms with van der Waals surface area (Å²) in [5, 5.41) is 11.6. The third-order valence-corrected chi connectivity index (χ3v) is 2.65. The van der Waals surface area contributed by atoms with Crippen LogP contribution < -0.4 is 5.32 Å². The van der Waals surface area contributed by atoms with Crippen molar-refractivity contribution in [1.29, 1.82) is 0 Å². The van der Waals surface area contributed by atoms with Gasteiger partial charge in [0.1, 0.15) is 0 Å². The summed E-state index contributed by atoms with van der Waals surface area (Å²) in [6.07, 6.45) is 8.76. The molecule has 0 heterocycles. The highest BCUT2D eigenvalue weighted by atomic mass is 16.4. The first-order valence-electron chi connectivity index (χ1n) is 5.24. The SMILES string of the molecule is O=C(O)CNC1CCCCCCC1. The zero-order valence-electron chi connectivity index (χ0n) is 8.09. The molecule has 2 N–H and O–H groups in total. The number of hydrogen-bond donors (Lipinski definition) is 2. The van der Waals surface area contributed by atoms with Crippen LogP contribution in [0, 0.1) is 0 Å². The Morgan fingerprint density at radius 2 is 1.69 bits per heavy atom. The highest BCUT2D eigenvalue weighted by Crippen LogP contribution is 2.16. The molecule has 0 bridgehead atoms. The third-order valence-electron chi connectivity index (χ3n) is 2.65. The van der Waals surface area contributed by atoms with Crippen LogP contribution in [-0.2, 0) is 4.79 Å². The van der Waals surface area contributed by atoms with E-state index < -0.39 is 5.97 Å². The smallest absolute Gasteiger partial charge is 0.317 e. The van der Waals surface area contributed by atoms with E-state index in [4.69, 9.17) is 5.11 Å². The average Bonchev–Trinajstić information content (AvgIpc) is 2.01. The minimum absolute atomic E-state index is 0.116. The minimum Gasteiger partial charge on any atom is -0.480 e. The summed E-state index contributed by atoms with van der Waals surface area (Å²) < 4.78 is 0. The van der Waals surface area contributed by atoms with Gasteiger partial charge in [0.15, 0.2) is 0 Å². The molecule has 1 rings (SSSR count). The molecule has 0 aliphatic heterocycles. The summed E-state index contributed by atoms with van der Waals surface area (Å²) in [5.41, 5.74) is 0. The monoisotopic (exact) mass is 185 g/mol. The Morgan fingerprint density at radius 3 is 2.23 bits per heavy atom. The van der Waals surface area contributed by atoms with E-state index >= 15 is 0 Å². The maximum absolute atomic E-state index is 10.3. The van der Waals surface area contributed by atoms with Gasteiger partial charge in [-0.2, -0.15) is 0 Å². The number of hydrogen-bond acceptors (Lipinski definition) is 2. The van der Waals surface area contributed by atoms with Crippen LogP contribution in [0.4, 0.5) is 0 Å². The molecular weight excluding hydrogens is 166 g/mol. The molecule has 0 spiro atoms. The fourth-order valence-electron chi connectivity index (χ4n) is 1.89. The maximum atomic E-state index is 10.3. The summed E-state index contributed by atoms with van der Waals surface area (Å²) >= 11 is 0. The van der Waals surface area contributed by atoms with Crippen molar-refractivity contribution in [3.63, 3.8) is 0 Å². The van der Waals surface area contributed by atoms with Gasteiger partial charge in [0.2, 0.25) is 0 Å². The lowest BCUT2D eigenvalue weighted by molar-refractivity contribution is -0.136. The first-order chi connectivity index (χ1) is 6.29. The van der Waals surface area contributed by atoms with E-state index in [2.05, 4.69) is 5.32 Å². The Kier molecular flexibility index (Phi) is 4.83. The average molecular weight is 185 g/mol. The predicted molar refractivity (Wildman–Crippen MR) is 51.7 cm³/mol. The molecule has 0 atom stereocenters. The number of carboxylic acids is 1. The molecule has 1 aliphatic rings. The van der Waals surface area contributed by atoms with E-state index in [0.29, 0.717) is 6.04 Å². The molecule has 0 aromatic carbocycles. The van der Waals surface area contributed by atoms with Gasteiger partial charge < -0.3 is 10.4 Å². The van der Waals surface area contributed by atoms with E-state index in [1.165, 1.54) is 32.1 Å². The van der Waals surface area contributed by atoms with Crippen molar-refractivity contribution in [1.82, 2.24) is 5.32 Å². The van der Waals surface area contributed by atoms with Gasteiger partial charge in [-0.1, -0.05) is 32.1 Å². The summed E-state index contributed by atoms with van der Waals surface area (Å²) in [4.78, 5) is 10.3. The Hall–Kier alpha value is -0.570. The normalized spacial score (nSPS) is 20.6. The molecule has 0 aromatic rings. The van der Waals surface area contributed by atoms with Gasteiger partial charge in [0.25, 0.3) is 0 Å². The first-order valence-corrected chi connectivity index (χ1v) is 5.24. The minimum atomic E-state index is -0.748. The molecule has 0 saturated heterocycles. The van der Waals surface area contributed by atoms with E-state index in [-0.39, 0.29) is 6.54 Å². The number of rotatable bonds is 3. The molecular formula is C10H19NO2. The van der Waals surface area contributed by atoms with Crippen molar-refractivity contribution in [3.8, 4) is 0 Å². The molecule has 0 amide bonds. The van der Waals surface area contributed by atoms with Gasteiger partial charge in [-0.25, -0.2) is 0 Å². The fourth-order valence-corrected chi connectivity index (χ4v) is 1.89. The van der Waals surface area contributed by atoms with Crippen LogP contribution in [0.15, 0.2) is 0 Å². The highest BCUT2D eigenvalue weighted by Gasteiger charge is 2.11. The van der Waals surface area contributed by atoms with Crippen LogP contribution in [0.3, 0.4) is 0 Å². The molecule has 76 valence electrons. The van der Waals surface area contributed by atoms with Crippen LogP contribution in [-0.4, -0.2) is 23.7 Å². The summed E-state index contributed by atoms with van der Waals surface area (Å²) in [5.74, 6) is -0.748. The molecule has 13 heavy (non-hydrogen) atoms. The van der Waals surface area contributed by atoms with E-state index in [9.17, 15) is 4.79 Å². The van der Waals surface area contributed by atoms with Crippen molar-refractivity contribution in [2.24, 2.45) is 0 Å². The second-order valence-corrected chi connectivity index (χ2v) is 3.82. The van der Waals surface area contributed by atoms with Crippen LogP contribution >= 0.6 is 0 Å². The Morgan fingerprint density at radius 1 is 1.15 bits per heavy atom. The molecule has 1 saturated carbocycles. The fraction of sp³-hybridized carbons (Fsp3) is 0.900. The molecule has 0 aromatic heterocycles. The second kappa shape index (κ2) is 5.97. The Bertz CT molecular complexity index is 151. The van der Waals surface area contributed by atoms with E-state index in [0.717, 1.165) is 12.8 Å². The maximum Gasteiger partial charge on any atom is 0.317 e. The number of carboxylic acid groups (broad SMARTS) is 1. The summed E-state index contributed by atoms with van der Waals surface area (Å²) in [6.45, 7) is 0.116. The standard InChI is InChI=1S/C10H19NO2/c12-10(13)8-11-9-6-4-2-1-3-5-7-9/h9,11H,1-8H2,(H,12,13). The summed E-state index contributed by atoms with van der Waals surface area (Å²) in [6, 6.07) is 0.441. The van der Waals surface area contributed by atoms with Crippen LogP contribution in [0.25, 0.3) is 0 Å². The van der Waals surface area contributed by atoms with E-state index in [1.807, 2.05) is 0 Å². The molecule has 3 nitrogen and oxygen atoms in total. The van der Waals surface area contributed by atoms with Crippen molar-refractivity contribution < 1.29 is 9.90 Å². The van der Waals surface area contributed by atoms with Crippen LogP contribution in [0.5, 0.6) is 0 Å². The molecule has 1 fully saturated rings. The van der Waals surface area contributed by atoms with Gasteiger partial charge in [0, 0.05) is 6.04 Å². The lowest BCUT2D eigenvalue weighted by atomic mass is 9.97. The lowest BCUT2D eigenvalue weighted by Gasteiger charge is -2.19.